The maximum Gasteiger partial charge on any atom is 0.224 e. The number of carbonyl (C=O) groups excluding carboxylic acids is 1. The van der Waals surface area contributed by atoms with Crippen molar-refractivity contribution in [3.63, 3.8) is 0 Å². The zero-order chi connectivity index (χ0) is 13.8. The lowest BCUT2D eigenvalue weighted by Crippen LogP contribution is -2.37. The second-order valence-corrected chi connectivity index (χ2v) is 5.79. The van der Waals surface area contributed by atoms with Gasteiger partial charge in [0.2, 0.25) is 5.91 Å². The lowest BCUT2D eigenvalue weighted by molar-refractivity contribution is -0.125. The molecule has 1 fully saturated rings. The van der Waals surface area contributed by atoms with E-state index in [0.717, 1.165) is 18.0 Å². The minimum Gasteiger partial charge on any atom is -0.356 e. The van der Waals surface area contributed by atoms with E-state index in [1.807, 2.05) is 37.3 Å². The molecule has 0 radical (unpaired) electrons. The number of carbonyl (C=O) groups is 1. The largest absolute Gasteiger partial charge is 0.356 e. The molecule has 3 unspecified atom stereocenters. The fourth-order valence-corrected chi connectivity index (χ4v) is 2.38. The first kappa shape index (κ1) is 14.1. The van der Waals surface area contributed by atoms with Gasteiger partial charge in [0.1, 0.15) is 0 Å². The molecule has 0 aromatic heterocycles. The van der Waals surface area contributed by atoms with Gasteiger partial charge in [-0.15, -0.1) is 0 Å². The van der Waals surface area contributed by atoms with Crippen LogP contribution in [0, 0.1) is 17.8 Å². The second-order valence-electron chi connectivity index (χ2n) is 5.79. The van der Waals surface area contributed by atoms with Crippen molar-refractivity contribution < 1.29 is 4.79 Å². The zero-order valence-corrected chi connectivity index (χ0v) is 11.8. The van der Waals surface area contributed by atoms with Crippen LogP contribution in [-0.2, 0) is 4.79 Å². The summed E-state index contributed by atoms with van der Waals surface area (Å²) < 4.78 is 0. The van der Waals surface area contributed by atoms with Gasteiger partial charge in [0, 0.05) is 12.6 Å². The van der Waals surface area contributed by atoms with Crippen molar-refractivity contribution >= 4 is 5.91 Å². The molecule has 0 saturated heterocycles. The summed E-state index contributed by atoms with van der Waals surface area (Å²) in [6.45, 7) is 4.88. The van der Waals surface area contributed by atoms with Crippen molar-refractivity contribution in [2.24, 2.45) is 23.5 Å². The van der Waals surface area contributed by atoms with Crippen LogP contribution in [0.2, 0.25) is 0 Å². The lowest BCUT2D eigenvalue weighted by Gasteiger charge is -2.21. The Bertz CT molecular complexity index is 414. The Morgan fingerprint density at radius 1 is 1.32 bits per heavy atom. The van der Waals surface area contributed by atoms with Gasteiger partial charge in [0.25, 0.3) is 0 Å². The highest BCUT2D eigenvalue weighted by atomic mass is 16.1. The maximum absolute atomic E-state index is 12.1. The van der Waals surface area contributed by atoms with E-state index in [9.17, 15) is 4.79 Å². The van der Waals surface area contributed by atoms with Gasteiger partial charge >= 0.3 is 0 Å². The monoisotopic (exact) mass is 260 g/mol. The first-order valence-corrected chi connectivity index (χ1v) is 7.18. The van der Waals surface area contributed by atoms with Crippen LogP contribution in [0.15, 0.2) is 30.3 Å². The molecular weight excluding hydrogens is 236 g/mol. The number of amides is 1. The van der Waals surface area contributed by atoms with E-state index in [1.54, 1.807) is 0 Å². The molecule has 0 spiro atoms. The molecule has 0 aliphatic heterocycles. The van der Waals surface area contributed by atoms with Crippen molar-refractivity contribution in [1.82, 2.24) is 5.32 Å². The average Bonchev–Trinajstić information content (AvgIpc) is 3.28. The quantitative estimate of drug-likeness (QED) is 0.825. The van der Waals surface area contributed by atoms with E-state index >= 15 is 0 Å². The number of benzene rings is 1. The summed E-state index contributed by atoms with van der Waals surface area (Å²) in [5, 5.41) is 3.04. The SMILES string of the molecule is CC(CNC(=O)C(C)C(N)c1ccccc1)C1CC1. The number of hydrogen-bond donors (Lipinski definition) is 2. The van der Waals surface area contributed by atoms with Crippen LogP contribution in [-0.4, -0.2) is 12.5 Å². The van der Waals surface area contributed by atoms with Gasteiger partial charge in [-0.2, -0.15) is 0 Å². The van der Waals surface area contributed by atoms with Gasteiger partial charge in [0.05, 0.1) is 5.92 Å². The Labute approximate surface area is 115 Å². The topological polar surface area (TPSA) is 55.1 Å². The Morgan fingerprint density at radius 2 is 1.95 bits per heavy atom. The average molecular weight is 260 g/mol. The molecule has 1 aromatic rings. The van der Waals surface area contributed by atoms with Crippen molar-refractivity contribution in [3.05, 3.63) is 35.9 Å². The van der Waals surface area contributed by atoms with E-state index in [-0.39, 0.29) is 17.9 Å². The molecule has 1 aliphatic carbocycles. The molecule has 3 N–H and O–H groups in total. The molecule has 0 heterocycles. The number of nitrogens with one attached hydrogen (secondary N) is 1. The number of hydrogen-bond acceptors (Lipinski definition) is 2. The van der Waals surface area contributed by atoms with E-state index in [2.05, 4.69) is 12.2 Å². The molecule has 19 heavy (non-hydrogen) atoms. The summed E-state index contributed by atoms with van der Waals surface area (Å²) in [6, 6.07) is 9.57. The smallest absolute Gasteiger partial charge is 0.224 e. The third kappa shape index (κ3) is 3.80. The highest BCUT2D eigenvalue weighted by Crippen LogP contribution is 2.36. The minimum atomic E-state index is -0.238. The van der Waals surface area contributed by atoms with Crippen LogP contribution in [0.5, 0.6) is 0 Å². The van der Waals surface area contributed by atoms with E-state index in [1.165, 1.54) is 12.8 Å². The Morgan fingerprint density at radius 3 is 2.53 bits per heavy atom. The molecule has 1 saturated carbocycles. The van der Waals surface area contributed by atoms with E-state index in [0.29, 0.717) is 5.92 Å². The molecule has 104 valence electrons. The standard InChI is InChI=1S/C16H24N2O/c1-11(13-8-9-13)10-18-16(19)12(2)15(17)14-6-4-3-5-7-14/h3-7,11-13,15H,8-10,17H2,1-2H3,(H,18,19). The summed E-state index contributed by atoms with van der Waals surface area (Å²) in [5.74, 6) is 1.26. The van der Waals surface area contributed by atoms with Gasteiger partial charge < -0.3 is 11.1 Å². The molecular formula is C16H24N2O. The zero-order valence-electron chi connectivity index (χ0n) is 11.8. The van der Waals surface area contributed by atoms with Crippen molar-refractivity contribution in [2.75, 3.05) is 6.54 Å². The fourth-order valence-electron chi connectivity index (χ4n) is 2.38. The fraction of sp³-hybridized carbons (Fsp3) is 0.562. The molecule has 3 atom stereocenters. The van der Waals surface area contributed by atoms with E-state index in [4.69, 9.17) is 5.73 Å². The molecule has 1 aromatic carbocycles. The van der Waals surface area contributed by atoms with Gasteiger partial charge in [-0.1, -0.05) is 44.2 Å². The summed E-state index contributed by atoms with van der Waals surface area (Å²) >= 11 is 0. The van der Waals surface area contributed by atoms with Gasteiger partial charge in [-0.25, -0.2) is 0 Å². The molecule has 1 aliphatic rings. The minimum absolute atomic E-state index is 0.0591. The maximum atomic E-state index is 12.1. The van der Waals surface area contributed by atoms with E-state index < -0.39 is 0 Å². The third-order valence-corrected chi connectivity index (χ3v) is 4.16. The molecule has 2 rings (SSSR count). The summed E-state index contributed by atoms with van der Waals surface area (Å²) in [4.78, 5) is 12.1. The summed E-state index contributed by atoms with van der Waals surface area (Å²) in [6.07, 6.45) is 2.63. The Kier molecular flexibility index (Phi) is 4.59. The number of nitrogens with two attached hydrogens (primary N) is 1. The summed E-state index contributed by atoms with van der Waals surface area (Å²) in [7, 11) is 0. The van der Waals surface area contributed by atoms with Crippen LogP contribution < -0.4 is 11.1 Å². The lowest BCUT2D eigenvalue weighted by atomic mass is 9.94. The van der Waals surface area contributed by atoms with Crippen LogP contribution in [0.25, 0.3) is 0 Å². The van der Waals surface area contributed by atoms with Gasteiger partial charge in [0.15, 0.2) is 0 Å². The first-order valence-electron chi connectivity index (χ1n) is 7.18. The molecule has 0 bridgehead atoms. The summed E-state index contributed by atoms with van der Waals surface area (Å²) in [5.41, 5.74) is 7.17. The van der Waals surface area contributed by atoms with Gasteiger partial charge in [-0.05, 0) is 30.2 Å². The predicted molar refractivity (Wildman–Crippen MR) is 77.4 cm³/mol. The van der Waals surface area contributed by atoms with Gasteiger partial charge in [-0.3, -0.25) is 4.79 Å². The van der Waals surface area contributed by atoms with Crippen molar-refractivity contribution in [3.8, 4) is 0 Å². The normalized spacial score (nSPS) is 19.5. The van der Waals surface area contributed by atoms with Crippen LogP contribution >= 0.6 is 0 Å². The number of rotatable bonds is 6. The molecule has 3 heteroatoms. The predicted octanol–water partition coefficient (Wildman–Crippen LogP) is 2.48. The van der Waals surface area contributed by atoms with Crippen LogP contribution in [0.3, 0.4) is 0 Å². The Hall–Kier alpha value is -1.35. The first-order chi connectivity index (χ1) is 9.09. The highest BCUT2D eigenvalue weighted by Gasteiger charge is 2.29. The van der Waals surface area contributed by atoms with Crippen molar-refractivity contribution in [1.29, 1.82) is 0 Å². The second kappa shape index (κ2) is 6.20. The Balaban J connectivity index is 1.84. The molecule has 3 nitrogen and oxygen atoms in total. The highest BCUT2D eigenvalue weighted by molar-refractivity contribution is 5.79. The molecule has 1 amide bonds. The van der Waals surface area contributed by atoms with Crippen LogP contribution in [0.1, 0.15) is 38.3 Å². The van der Waals surface area contributed by atoms with Crippen LogP contribution in [0.4, 0.5) is 0 Å². The third-order valence-electron chi connectivity index (χ3n) is 4.16. The van der Waals surface area contributed by atoms with Crippen molar-refractivity contribution in [2.45, 2.75) is 32.7 Å².